The molecule has 1 unspecified atom stereocenters. The quantitative estimate of drug-likeness (QED) is 0.880. The number of halogens is 3. The number of carbonyl (C=O) groups is 1. The van der Waals surface area contributed by atoms with Crippen molar-refractivity contribution in [2.75, 3.05) is 23.4 Å². The van der Waals surface area contributed by atoms with E-state index in [9.17, 15) is 13.6 Å². The fraction of sp³-hybridized carbons (Fsp3) is 0.417. The normalized spacial score (nSPS) is 19.2. The van der Waals surface area contributed by atoms with E-state index in [1.54, 1.807) is 11.8 Å². The lowest BCUT2D eigenvalue weighted by molar-refractivity contribution is -0.116. The van der Waals surface area contributed by atoms with Crippen molar-refractivity contribution >= 4 is 39.3 Å². The van der Waals surface area contributed by atoms with Crippen LogP contribution in [0, 0.1) is 11.6 Å². The number of benzene rings is 1. The Bertz CT molecular complexity index is 458. The van der Waals surface area contributed by atoms with Crippen molar-refractivity contribution in [1.82, 2.24) is 5.32 Å². The molecule has 7 heteroatoms. The van der Waals surface area contributed by atoms with Crippen LogP contribution in [0.1, 0.15) is 6.42 Å². The van der Waals surface area contributed by atoms with Crippen molar-refractivity contribution in [2.24, 2.45) is 0 Å². The Morgan fingerprint density at radius 1 is 1.53 bits per heavy atom. The number of thioether (sulfide) groups is 1. The molecule has 0 saturated carbocycles. The van der Waals surface area contributed by atoms with Gasteiger partial charge in [0.15, 0.2) is 5.82 Å². The molecule has 1 heterocycles. The highest BCUT2D eigenvalue weighted by atomic mass is 79.9. The molecule has 1 amide bonds. The first kappa shape index (κ1) is 14.7. The first-order valence-corrected chi connectivity index (χ1v) is 7.76. The van der Waals surface area contributed by atoms with E-state index >= 15 is 0 Å². The van der Waals surface area contributed by atoms with Gasteiger partial charge in [-0.1, -0.05) is 0 Å². The Morgan fingerprint density at radius 3 is 2.95 bits per heavy atom. The van der Waals surface area contributed by atoms with Crippen LogP contribution in [0.5, 0.6) is 0 Å². The van der Waals surface area contributed by atoms with Crippen molar-refractivity contribution in [1.29, 1.82) is 0 Å². The first-order chi connectivity index (χ1) is 9.06. The summed E-state index contributed by atoms with van der Waals surface area (Å²) < 4.78 is 26.7. The third-order valence-electron chi connectivity index (χ3n) is 2.70. The molecule has 2 N–H and O–H groups in total. The largest absolute Gasteiger partial charge is 0.323 e. The molecule has 1 aromatic rings. The molecule has 104 valence electrons. The molecule has 1 aliphatic rings. The second-order valence-corrected chi connectivity index (χ2v) is 6.23. The summed E-state index contributed by atoms with van der Waals surface area (Å²) in [5.41, 5.74) is -0.0186. The number of carbonyl (C=O) groups excluding carboxylic acids is 1. The standard InChI is InChI=1S/C12H13BrF2N2OS/c13-9-3-7(14)4-10(15)12(9)17-11(18)5-8-6-19-2-1-16-8/h3-4,8,16H,1-2,5-6H2,(H,17,18). The monoisotopic (exact) mass is 350 g/mol. The summed E-state index contributed by atoms with van der Waals surface area (Å²) in [4.78, 5) is 11.8. The second kappa shape index (κ2) is 6.67. The minimum atomic E-state index is -0.786. The Morgan fingerprint density at radius 2 is 2.32 bits per heavy atom. The van der Waals surface area contributed by atoms with Gasteiger partial charge in [0.1, 0.15) is 5.82 Å². The molecular weight excluding hydrogens is 338 g/mol. The Kier molecular flexibility index (Phi) is 5.18. The van der Waals surface area contributed by atoms with E-state index < -0.39 is 11.6 Å². The number of nitrogens with one attached hydrogen (secondary N) is 2. The lowest BCUT2D eigenvalue weighted by Gasteiger charge is -2.22. The Labute approximate surface area is 122 Å². The van der Waals surface area contributed by atoms with Gasteiger partial charge in [0.25, 0.3) is 0 Å². The van der Waals surface area contributed by atoms with Gasteiger partial charge in [0.05, 0.1) is 5.69 Å². The molecule has 3 nitrogen and oxygen atoms in total. The van der Waals surface area contributed by atoms with Gasteiger partial charge in [0, 0.05) is 41.1 Å². The van der Waals surface area contributed by atoms with Gasteiger partial charge in [0.2, 0.25) is 5.91 Å². The van der Waals surface area contributed by atoms with E-state index in [1.165, 1.54) is 0 Å². The van der Waals surface area contributed by atoms with E-state index in [0.717, 1.165) is 30.2 Å². The average Bonchev–Trinajstić information content (AvgIpc) is 2.35. The minimum Gasteiger partial charge on any atom is -0.323 e. The number of anilines is 1. The first-order valence-electron chi connectivity index (χ1n) is 5.82. The second-order valence-electron chi connectivity index (χ2n) is 4.22. The zero-order valence-corrected chi connectivity index (χ0v) is 12.4. The maximum Gasteiger partial charge on any atom is 0.226 e. The van der Waals surface area contributed by atoms with E-state index in [-0.39, 0.29) is 28.5 Å². The molecule has 1 aliphatic heterocycles. The van der Waals surface area contributed by atoms with Crippen molar-refractivity contribution < 1.29 is 13.6 Å². The van der Waals surface area contributed by atoms with Crippen LogP contribution in [0.4, 0.5) is 14.5 Å². The van der Waals surface area contributed by atoms with Gasteiger partial charge in [-0.3, -0.25) is 4.79 Å². The maximum atomic E-state index is 13.5. The van der Waals surface area contributed by atoms with Crippen LogP contribution in [-0.4, -0.2) is 30.0 Å². The summed E-state index contributed by atoms with van der Waals surface area (Å²) in [6.45, 7) is 0.872. The number of rotatable bonds is 3. The molecular formula is C12H13BrF2N2OS. The van der Waals surface area contributed by atoms with E-state index in [2.05, 4.69) is 26.6 Å². The van der Waals surface area contributed by atoms with Gasteiger partial charge >= 0.3 is 0 Å². The van der Waals surface area contributed by atoms with Gasteiger partial charge in [-0.05, 0) is 22.0 Å². The number of amides is 1. The third-order valence-corrected chi connectivity index (χ3v) is 4.46. The number of hydrogen-bond acceptors (Lipinski definition) is 3. The van der Waals surface area contributed by atoms with Crippen LogP contribution >= 0.6 is 27.7 Å². The summed E-state index contributed by atoms with van der Waals surface area (Å²) >= 11 is 4.82. The molecule has 2 rings (SSSR count). The number of hydrogen-bond donors (Lipinski definition) is 2. The van der Waals surface area contributed by atoms with Crippen molar-refractivity contribution in [3.05, 3.63) is 28.2 Å². The predicted octanol–water partition coefficient (Wildman–Crippen LogP) is 2.76. The molecule has 0 spiro atoms. The molecule has 1 saturated heterocycles. The molecule has 1 atom stereocenters. The maximum absolute atomic E-state index is 13.5. The minimum absolute atomic E-state index is 0.0186. The van der Waals surface area contributed by atoms with Crippen LogP contribution in [0.25, 0.3) is 0 Å². The van der Waals surface area contributed by atoms with Gasteiger partial charge < -0.3 is 10.6 Å². The van der Waals surface area contributed by atoms with E-state index in [4.69, 9.17) is 0 Å². The topological polar surface area (TPSA) is 41.1 Å². The van der Waals surface area contributed by atoms with Gasteiger partial charge in [-0.15, -0.1) is 0 Å². The highest BCUT2D eigenvalue weighted by Gasteiger charge is 2.18. The van der Waals surface area contributed by atoms with Crippen molar-refractivity contribution in [2.45, 2.75) is 12.5 Å². The zero-order valence-electron chi connectivity index (χ0n) is 10.0. The van der Waals surface area contributed by atoms with Crippen LogP contribution < -0.4 is 10.6 Å². The lowest BCUT2D eigenvalue weighted by atomic mass is 10.2. The van der Waals surface area contributed by atoms with E-state index in [1.807, 2.05) is 0 Å². The lowest BCUT2D eigenvalue weighted by Crippen LogP contribution is -2.40. The zero-order chi connectivity index (χ0) is 13.8. The average molecular weight is 351 g/mol. The van der Waals surface area contributed by atoms with Crippen LogP contribution in [0.2, 0.25) is 0 Å². The molecule has 0 bridgehead atoms. The Balaban J connectivity index is 1.98. The molecule has 0 aliphatic carbocycles. The Hall–Kier alpha value is -0.660. The highest BCUT2D eigenvalue weighted by molar-refractivity contribution is 9.10. The molecule has 1 aromatic carbocycles. The van der Waals surface area contributed by atoms with Crippen LogP contribution in [-0.2, 0) is 4.79 Å². The third kappa shape index (κ3) is 4.15. The summed E-state index contributed by atoms with van der Waals surface area (Å²) in [5, 5.41) is 5.70. The van der Waals surface area contributed by atoms with Crippen LogP contribution in [0.15, 0.2) is 16.6 Å². The fourth-order valence-electron chi connectivity index (χ4n) is 1.83. The van der Waals surface area contributed by atoms with Crippen molar-refractivity contribution in [3.8, 4) is 0 Å². The summed E-state index contributed by atoms with van der Waals surface area (Å²) in [7, 11) is 0. The van der Waals surface area contributed by atoms with Crippen molar-refractivity contribution in [3.63, 3.8) is 0 Å². The molecule has 1 fully saturated rings. The summed E-state index contributed by atoms with van der Waals surface area (Å²) in [6, 6.07) is 1.96. The fourth-order valence-corrected chi connectivity index (χ4v) is 3.28. The summed E-state index contributed by atoms with van der Waals surface area (Å²) in [6.07, 6.45) is 0.274. The van der Waals surface area contributed by atoms with E-state index in [0.29, 0.717) is 0 Å². The van der Waals surface area contributed by atoms with Gasteiger partial charge in [-0.2, -0.15) is 11.8 Å². The highest BCUT2D eigenvalue weighted by Crippen LogP contribution is 2.27. The van der Waals surface area contributed by atoms with Crippen LogP contribution in [0.3, 0.4) is 0 Å². The SMILES string of the molecule is O=C(CC1CSCCN1)Nc1c(F)cc(F)cc1Br. The molecule has 19 heavy (non-hydrogen) atoms. The molecule has 0 radical (unpaired) electrons. The molecule has 0 aromatic heterocycles. The summed E-state index contributed by atoms with van der Waals surface area (Å²) in [5.74, 6) is 0.140. The smallest absolute Gasteiger partial charge is 0.226 e. The predicted molar refractivity (Wildman–Crippen MR) is 76.4 cm³/mol. The van der Waals surface area contributed by atoms with Gasteiger partial charge in [-0.25, -0.2) is 8.78 Å².